The van der Waals surface area contributed by atoms with E-state index in [1.807, 2.05) is 20.8 Å². The zero-order valence-electron chi connectivity index (χ0n) is 16.8. The fraction of sp³-hybridized carbons (Fsp3) is 0.917. The maximum Gasteiger partial charge on any atom is 0.434 e. The van der Waals surface area contributed by atoms with E-state index in [2.05, 4.69) is 9.64 Å². The molecular formula is C12H23B5F6N2O2. The molecule has 0 aromatic heterocycles. The molecule has 150 valence electrons. The molecule has 0 bridgehead atoms. The van der Waals surface area contributed by atoms with Crippen LogP contribution in [0.1, 0.15) is 20.8 Å². The van der Waals surface area contributed by atoms with Gasteiger partial charge in [-0.15, -0.1) is 0 Å². The molecule has 0 aromatic rings. The smallest absolute Gasteiger partial charge is 0.427 e. The summed E-state index contributed by atoms with van der Waals surface area (Å²) in [5.74, 6) is -1.31. The molecule has 0 aliphatic carbocycles. The van der Waals surface area contributed by atoms with Crippen LogP contribution in [0.4, 0.5) is 31.1 Å². The normalized spacial score (nSPS) is 27.6. The molecule has 0 saturated carbocycles. The van der Waals surface area contributed by atoms with Gasteiger partial charge in [-0.1, -0.05) is 0 Å². The van der Waals surface area contributed by atoms with Gasteiger partial charge >= 0.3 is 18.4 Å². The number of hydrogen-bond acceptors (Lipinski definition) is 3. The molecule has 3 atom stereocenters. The molecule has 15 heteroatoms. The Labute approximate surface area is 159 Å². The number of carbonyl (C=O) groups is 1. The monoisotopic (exact) mass is 396 g/mol. The molecule has 0 radical (unpaired) electrons. The largest absolute Gasteiger partial charge is 0.434 e. The van der Waals surface area contributed by atoms with E-state index >= 15 is 0 Å². The summed E-state index contributed by atoms with van der Waals surface area (Å²) in [6.45, 7) is 5.88. The van der Waals surface area contributed by atoms with Crippen LogP contribution in [-0.2, 0) is 4.74 Å². The van der Waals surface area contributed by atoms with Crippen molar-refractivity contribution in [2.24, 2.45) is 0 Å². The SMILES string of the molecule is BC1C(B)N(C(=O)OC(C(F)(F)F)C(F)(F)F)C(B)(B)C(B)N1C(C)(C)C. The second-order valence-electron chi connectivity index (χ2n) is 8.61. The number of alkyl halides is 6. The van der Waals surface area contributed by atoms with Crippen LogP contribution in [0, 0.1) is 0 Å². The van der Waals surface area contributed by atoms with E-state index in [0.717, 1.165) is 4.90 Å². The Bertz CT molecular complexity index is 554. The first-order valence-electron chi connectivity index (χ1n) is 8.65. The van der Waals surface area contributed by atoms with Crippen LogP contribution < -0.4 is 0 Å². The molecule has 1 rings (SSSR count). The van der Waals surface area contributed by atoms with Crippen molar-refractivity contribution in [2.45, 2.75) is 67.9 Å². The van der Waals surface area contributed by atoms with Gasteiger partial charge in [-0.3, -0.25) is 0 Å². The molecule has 27 heavy (non-hydrogen) atoms. The summed E-state index contributed by atoms with van der Waals surface area (Å²) in [5, 5.41) is -1.06. The maximum atomic E-state index is 12.8. The number of halogens is 6. The first-order valence-corrected chi connectivity index (χ1v) is 8.65. The summed E-state index contributed by atoms with van der Waals surface area (Å²) in [6, 6.07) is 0. The topological polar surface area (TPSA) is 32.8 Å². The lowest BCUT2D eigenvalue weighted by atomic mass is 9.47. The number of hydrogen-bond donors (Lipinski definition) is 0. The third-order valence-corrected chi connectivity index (χ3v) is 5.39. The fourth-order valence-corrected chi connectivity index (χ4v) is 3.94. The quantitative estimate of drug-likeness (QED) is 0.374. The summed E-state index contributed by atoms with van der Waals surface area (Å²) in [5.41, 5.74) is -0.319. The minimum absolute atomic E-state index is 0.309. The van der Waals surface area contributed by atoms with Gasteiger partial charge in [0.1, 0.15) is 39.2 Å². The van der Waals surface area contributed by atoms with Gasteiger partial charge in [0.15, 0.2) is 0 Å². The van der Waals surface area contributed by atoms with Crippen molar-refractivity contribution in [3.8, 4) is 0 Å². The lowest BCUT2D eigenvalue weighted by Crippen LogP contribution is -2.80. The van der Waals surface area contributed by atoms with Gasteiger partial charge in [-0.05, 0) is 38.0 Å². The van der Waals surface area contributed by atoms with Gasteiger partial charge < -0.3 is 14.5 Å². The third kappa shape index (κ3) is 4.76. The van der Waals surface area contributed by atoms with E-state index in [-0.39, 0.29) is 17.4 Å². The Kier molecular flexibility index (Phi) is 6.43. The fourth-order valence-electron chi connectivity index (χ4n) is 3.94. The van der Waals surface area contributed by atoms with Crippen molar-refractivity contribution < 1.29 is 35.9 Å². The van der Waals surface area contributed by atoms with Crippen molar-refractivity contribution >= 4 is 45.3 Å². The molecule has 3 unspecified atom stereocenters. The van der Waals surface area contributed by atoms with Crippen molar-refractivity contribution in [3.05, 3.63) is 0 Å². The Hall–Kier alpha value is -0.865. The maximum absolute atomic E-state index is 12.8. The second-order valence-corrected chi connectivity index (χ2v) is 8.61. The summed E-state index contributed by atoms with van der Waals surface area (Å²) in [4.78, 5) is 15.6. The number of ether oxygens (including phenoxy) is 1. The Balaban J connectivity index is 3.27. The summed E-state index contributed by atoms with van der Waals surface area (Å²) < 4.78 is 80.6. The molecule has 4 nitrogen and oxygen atoms in total. The lowest BCUT2D eigenvalue weighted by molar-refractivity contribution is -0.309. The van der Waals surface area contributed by atoms with Crippen molar-refractivity contribution in [1.29, 1.82) is 0 Å². The Morgan fingerprint density at radius 2 is 1.37 bits per heavy atom. The minimum Gasteiger partial charge on any atom is -0.427 e. The highest BCUT2D eigenvalue weighted by atomic mass is 19.4. The van der Waals surface area contributed by atoms with Crippen LogP contribution in [0.15, 0.2) is 0 Å². The molecule has 0 N–H and O–H groups in total. The van der Waals surface area contributed by atoms with Crippen LogP contribution in [0.3, 0.4) is 0 Å². The minimum atomic E-state index is -5.74. The zero-order chi connectivity index (χ0) is 21.7. The predicted octanol–water partition coefficient (Wildman–Crippen LogP) is -2.17. The van der Waals surface area contributed by atoms with Gasteiger partial charge in [-0.25, -0.2) is 4.79 Å². The first kappa shape index (κ1) is 24.2. The van der Waals surface area contributed by atoms with Crippen LogP contribution in [0.2, 0.25) is 0 Å². The van der Waals surface area contributed by atoms with Gasteiger partial charge in [0.2, 0.25) is 0 Å². The van der Waals surface area contributed by atoms with Crippen LogP contribution in [0.25, 0.3) is 0 Å². The molecular weight excluding hydrogens is 372 g/mol. The molecule has 0 spiro atoms. The van der Waals surface area contributed by atoms with Crippen molar-refractivity contribution in [3.63, 3.8) is 0 Å². The Morgan fingerprint density at radius 1 is 0.963 bits per heavy atom. The molecule has 1 saturated heterocycles. The van der Waals surface area contributed by atoms with E-state index in [1.54, 1.807) is 39.2 Å². The molecule has 1 aliphatic heterocycles. The second kappa shape index (κ2) is 7.19. The number of carbonyl (C=O) groups excluding carboxylic acids is 1. The van der Waals surface area contributed by atoms with Gasteiger partial charge in [-0.2, -0.15) is 26.3 Å². The summed E-state index contributed by atoms with van der Waals surface area (Å²) in [6.07, 6.45) is -17.3. The summed E-state index contributed by atoms with van der Waals surface area (Å²) in [7, 11) is 8.38. The predicted molar refractivity (Wildman–Crippen MR) is 103 cm³/mol. The van der Waals surface area contributed by atoms with Crippen molar-refractivity contribution in [1.82, 2.24) is 9.80 Å². The number of piperazine rings is 1. The highest BCUT2D eigenvalue weighted by Crippen LogP contribution is 2.38. The van der Waals surface area contributed by atoms with Gasteiger partial charge in [0, 0.05) is 11.5 Å². The van der Waals surface area contributed by atoms with E-state index in [4.69, 9.17) is 0 Å². The standard InChI is InChI=1S/C12H23B5F6N2O2/c1-9(2,3)24-4(13)5(14)25(10(16,17)7(24)15)8(26)27-6(11(18,19)20)12(21,22)23/h4-7H,13-17H2,1-3H3. The summed E-state index contributed by atoms with van der Waals surface area (Å²) >= 11 is 0. The first-order chi connectivity index (χ1) is 11.7. The molecule has 1 aliphatic rings. The van der Waals surface area contributed by atoms with Crippen LogP contribution >= 0.6 is 0 Å². The molecule has 1 amide bonds. The van der Waals surface area contributed by atoms with Crippen LogP contribution in [-0.4, -0.2) is 102 Å². The van der Waals surface area contributed by atoms with Gasteiger partial charge in [0.25, 0.3) is 6.10 Å². The molecule has 1 fully saturated rings. The molecule has 0 aromatic carbocycles. The van der Waals surface area contributed by atoms with E-state index in [0.29, 0.717) is 0 Å². The van der Waals surface area contributed by atoms with Crippen LogP contribution in [0.5, 0.6) is 0 Å². The third-order valence-electron chi connectivity index (χ3n) is 5.39. The van der Waals surface area contributed by atoms with E-state index in [9.17, 15) is 31.1 Å². The van der Waals surface area contributed by atoms with Crippen molar-refractivity contribution in [2.75, 3.05) is 0 Å². The Morgan fingerprint density at radius 3 is 1.70 bits per heavy atom. The van der Waals surface area contributed by atoms with E-state index in [1.165, 1.54) is 0 Å². The number of amides is 1. The van der Waals surface area contributed by atoms with E-state index < -0.39 is 35.8 Å². The lowest BCUT2D eigenvalue weighted by Gasteiger charge is -2.62. The number of nitrogens with zero attached hydrogens (tertiary/aromatic N) is 2. The average Bonchev–Trinajstić information content (AvgIpc) is 2.39. The zero-order valence-corrected chi connectivity index (χ0v) is 16.8. The highest BCUT2D eigenvalue weighted by molar-refractivity contribution is 6.45. The average molecular weight is 395 g/mol. The highest BCUT2D eigenvalue weighted by Gasteiger charge is 2.61. The number of rotatable bonds is 1. The molecule has 1 heterocycles. The van der Waals surface area contributed by atoms with Gasteiger partial charge in [0.05, 0.1) is 0 Å².